The maximum atomic E-state index is 12.2. The lowest BCUT2D eigenvalue weighted by molar-refractivity contribution is 0.0297. The van der Waals surface area contributed by atoms with Crippen molar-refractivity contribution in [2.45, 2.75) is 26.4 Å². The highest BCUT2D eigenvalue weighted by atomic mass is 16.3. The molecule has 1 fully saturated rings. The number of piperidine rings is 1. The third-order valence-corrected chi connectivity index (χ3v) is 3.29. The number of aromatic nitrogens is 1. The van der Waals surface area contributed by atoms with Gasteiger partial charge >= 0.3 is 0 Å². The van der Waals surface area contributed by atoms with E-state index in [0.29, 0.717) is 25.1 Å². The summed E-state index contributed by atoms with van der Waals surface area (Å²) >= 11 is 0. The van der Waals surface area contributed by atoms with E-state index in [4.69, 9.17) is 0 Å². The highest BCUT2D eigenvalue weighted by Gasteiger charge is 2.27. The number of pyridine rings is 1. The number of aryl methyl sites for hydroxylation is 1. The number of rotatable bonds is 1. The van der Waals surface area contributed by atoms with Gasteiger partial charge in [0.25, 0.3) is 5.91 Å². The van der Waals surface area contributed by atoms with Crippen LogP contribution in [-0.4, -0.2) is 40.1 Å². The average molecular weight is 234 g/mol. The summed E-state index contributed by atoms with van der Waals surface area (Å²) in [4.78, 5) is 18.1. The van der Waals surface area contributed by atoms with Gasteiger partial charge in [0, 0.05) is 30.5 Å². The largest absolute Gasteiger partial charge is 0.393 e. The molecule has 4 heteroatoms. The minimum Gasteiger partial charge on any atom is -0.393 e. The molecule has 1 amide bonds. The third kappa shape index (κ3) is 2.64. The van der Waals surface area contributed by atoms with Crippen LogP contribution >= 0.6 is 0 Å². The monoisotopic (exact) mass is 234 g/mol. The number of hydrogen-bond donors (Lipinski definition) is 1. The van der Waals surface area contributed by atoms with Crippen molar-refractivity contribution in [2.75, 3.05) is 13.1 Å². The number of amides is 1. The van der Waals surface area contributed by atoms with E-state index in [1.807, 2.05) is 18.7 Å². The first-order valence-corrected chi connectivity index (χ1v) is 5.98. The molecule has 1 aliphatic rings. The van der Waals surface area contributed by atoms with Crippen LogP contribution in [-0.2, 0) is 0 Å². The lowest BCUT2D eigenvalue weighted by Gasteiger charge is -2.34. The van der Waals surface area contributed by atoms with E-state index in [-0.39, 0.29) is 17.9 Å². The van der Waals surface area contributed by atoms with Gasteiger partial charge in [-0.2, -0.15) is 0 Å². The number of aliphatic hydroxyl groups excluding tert-OH is 1. The van der Waals surface area contributed by atoms with E-state index >= 15 is 0 Å². The second-order valence-electron chi connectivity index (χ2n) is 4.77. The Morgan fingerprint density at radius 3 is 3.00 bits per heavy atom. The summed E-state index contributed by atoms with van der Waals surface area (Å²) in [6, 6.07) is 3.54. The molecule has 2 rings (SSSR count). The first kappa shape index (κ1) is 12.0. The van der Waals surface area contributed by atoms with Crippen LogP contribution in [0.5, 0.6) is 0 Å². The molecule has 2 atom stereocenters. The van der Waals surface area contributed by atoms with Gasteiger partial charge in [-0.1, -0.05) is 6.92 Å². The topological polar surface area (TPSA) is 53.4 Å². The summed E-state index contributed by atoms with van der Waals surface area (Å²) in [6.07, 6.45) is 2.04. The van der Waals surface area contributed by atoms with Crippen LogP contribution < -0.4 is 0 Å². The Bertz CT molecular complexity index is 420. The van der Waals surface area contributed by atoms with Gasteiger partial charge in [-0.3, -0.25) is 9.78 Å². The summed E-state index contributed by atoms with van der Waals surface area (Å²) in [6.45, 7) is 5.11. The zero-order chi connectivity index (χ0) is 12.4. The number of hydrogen-bond acceptors (Lipinski definition) is 3. The van der Waals surface area contributed by atoms with Gasteiger partial charge in [0.2, 0.25) is 0 Å². The predicted molar refractivity (Wildman–Crippen MR) is 64.7 cm³/mol. The van der Waals surface area contributed by atoms with Crippen LogP contribution in [0.2, 0.25) is 0 Å². The second kappa shape index (κ2) is 4.84. The molecule has 4 nitrogen and oxygen atoms in total. The van der Waals surface area contributed by atoms with Gasteiger partial charge in [-0.25, -0.2) is 0 Å². The summed E-state index contributed by atoms with van der Waals surface area (Å²) in [5.41, 5.74) is 1.53. The fourth-order valence-corrected chi connectivity index (χ4v) is 2.18. The molecule has 1 aromatic rings. The van der Waals surface area contributed by atoms with E-state index in [2.05, 4.69) is 4.98 Å². The van der Waals surface area contributed by atoms with Gasteiger partial charge in [-0.15, -0.1) is 0 Å². The molecule has 1 saturated heterocycles. The molecular weight excluding hydrogens is 216 g/mol. The maximum Gasteiger partial charge on any atom is 0.253 e. The molecule has 2 heterocycles. The lowest BCUT2D eigenvalue weighted by atomic mass is 9.96. The first-order chi connectivity index (χ1) is 8.08. The Morgan fingerprint density at radius 1 is 1.59 bits per heavy atom. The van der Waals surface area contributed by atoms with Crippen molar-refractivity contribution in [3.05, 3.63) is 29.6 Å². The van der Waals surface area contributed by atoms with Crippen molar-refractivity contribution >= 4 is 5.91 Å². The van der Waals surface area contributed by atoms with Crippen LogP contribution in [0, 0.1) is 12.8 Å². The molecule has 1 aromatic heterocycles. The number of carbonyl (C=O) groups is 1. The number of carbonyl (C=O) groups excluding carboxylic acids is 1. The Labute approximate surface area is 101 Å². The zero-order valence-electron chi connectivity index (χ0n) is 10.3. The van der Waals surface area contributed by atoms with Gasteiger partial charge in [0.1, 0.15) is 0 Å². The Balaban J connectivity index is 2.10. The predicted octanol–water partition coefficient (Wildman–Crippen LogP) is 1.23. The summed E-state index contributed by atoms with van der Waals surface area (Å²) < 4.78 is 0. The molecular formula is C13H18N2O2. The molecule has 1 N–H and O–H groups in total. The average Bonchev–Trinajstić information content (AvgIpc) is 2.32. The smallest absolute Gasteiger partial charge is 0.253 e. The summed E-state index contributed by atoms with van der Waals surface area (Å²) in [5.74, 6) is 0.185. The van der Waals surface area contributed by atoms with Crippen LogP contribution in [0.25, 0.3) is 0 Å². The fourth-order valence-electron chi connectivity index (χ4n) is 2.18. The van der Waals surface area contributed by atoms with E-state index in [1.54, 1.807) is 18.3 Å². The van der Waals surface area contributed by atoms with Crippen LogP contribution in [0.3, 0.4) is 0 Å². The Kier molecular flexibility index (Phi) is 3.43. The summed E-state index contributed by atoms with van der Waals surface area (Å²) in [7, 11) is 0. The van der Waals surface area contributed by atoms with Gasteiger partial charge < -0.3 is 10.0 Å². The molecule has 1 aliphatic heterocycles. The highest BCUT2D eigenvalue weighted by Crippen LogP contribution is 2.18. The quantitative estimate of drug-likeness (QED) is 0.795. The zero-order valence-corrected chi connectivity index (χ0v) is 10.3. The lowest BCUT2D eigenvalue weighted by Crippen LogP contribution is -2.44. The van der Waals surface area contributed by atoms with Gasteiger partial charge in [-0.05, 0) is 31.4 Å². The SMILES string of the molecule is Cc1cc(C(=O)N2CCC(O)C(C)C2)ccn1. The van der Waals surface area contributed by atoms with E-state index in [1.165, 1.54) is 0 Å². The Hall–Kier alpha value is -1.42. The van der Waals surface area contributed by atoms with E-state index in [9.17, 15) is 9.90 Å². The number of nitrogens with zero attached hydrogens (tertiary/aromatic N) is 2. The van der Waals surface area contributed by atoms with E-state index in [0.717, 1.165) is 5.69 Å². The van der Waals surface area contributed by atoms with Crippen molar-refractivity contribution in [3.8, 4) is 0 Å². The molecule has 0 aromatic carbocycles. The highest BCUT2D eigenvalue weighted by molar-refractivity contribution is 5.94. The molecule has 0 saturated carbocycles. The van der Waals surface area contributed by atoms with Crippen molar-refractivity contribution < 1.29 is 9.90 Å². The molecule has 0 aliphatic carbocycles. The van der Waals surface area contributed by atoms with Gasteiger partial charge in [0.15, 0.2) is 0 Å². The van der Waals surface area contributed by atoms with Gasteiger partial charge in [0.05, 0.1) is 6.10 Å². The Morgan fingerprint density at radius 2 is 2.35 bits per heavy atom. The van der Waals surface area contributed by atoms with E-state index < -0.39 is 0 Å². The normalized spacial score (nSPS) is 24.8. The maximum absolute atomic E-state index is 12.2. The van der Waals surface area contributed by atoms with Crippen LogP contribution in [0.4, 0.5) is 0 Å². The number of likely N-dealkylation sites (tertiary alicyclic amines) is 1. The van der Waals surface area contributed by atoms with Crippen molar-refractivity contribution in [1.29, 1.82) is 0 Å². The third-order valence-electron chi connectivity index (χ3n) is 3.29. The minimum absolute atomic E-state index is 0.0363. The number of aliphatic hydroxyl groups is 1. The second-order valence-corrected chi connectivity index (χ2v) is 4.77. The van der Waals surface area contributed by atoms with Crippen molar-refractivity contribution in [2.24, 2.45) is 5.92 Å². The molecule has 0 spiro atoms. The van der Waals surface area contributed by atoms with Crippen molar-refractivity contribution in [1.82, 2.24) is 9.88 Å². The van der Waals surface area contributed by atoms with Crippen LogP contribution in [0.15, 0.2) is 18.3 Å². The van der Waals surface area contributed by atoms with Crippen molar-refractivity contribution in [3.63, 3.8) is 0 Å². The molecule has 2 unspecified atom stereocenters. The minimum atomic E-state index is -0.279. The summed E-state index contributed by atoms with van der Waals surface area (Å²) in [5, 5.41) is 9.64. The van der Waals surface area contributed by atoms with Crippen LogP contribution in [0.1, 0.15) is 29.4 Å². The molecule has 92 valence electrons. The standard InChI is InChI=1S/C13H18N2O2/c1-9-8-15(6-4-12(9)16)13(17)11-3-5-14-10(2)7-11/h3,5,7,9,12,16H,4,6,8H2,1-2H3. The molecule has 17 heavy (non-hydrogen) atoms. The fraction of sp³-hybridized carbons (Fsp3) is 0.538. The first-order valence-electron chi connectivity index (χ1n) is 5.98. The molecule has 0 radical (unpaired) electrons. The molecule has 0 bridgehead atoms.